The Hall–Kier alpha value is -2.67. The van der Waals surface area contributed by atoms with Crippen molar-refractivity contribution in [3.8, 4) is 5.13 Å². The van der Waals surface area contributed by atoms with E-state index in [1.54, 1.807) is 0 Å². The first-order valence-electron chi connectivity index (χ1n) is 9.16. The van der Waals surface area contributed by atoms with Gasteiger partial charge in [-0.3, -0.25) is 4.79 Å². The van der Waals surface area contributed by atoms with Crippen LogP contribution in [0.4, 0.5) is 5.69 Å². The summed E-state index contributed by atoms with van der Waals surface area (Å²) in [7, 11) is 0. The molecule has 1 aromatic carbocycles. The van der Waals surface area contributed by atoms with E-state index in [1.807, 2.05) is 40.9 Å². The lowest BCUT2D eigenvalue weighted by atomic mass is 10.2. The maximum atomic E-state index is 12.7. The molecule has 1 aliphatic rings. The first-order valence-corrected chi connectivity index (χ1v) is 10.0. The number of aromatic nitrogens is 3. The Labute approximate surface area is 163 Å². The van der Waals surface area contributed by atoms with Crippen molar-refractivity contribution in [2.24, 2.45) is 0 Å². The van der Waals surface area contributed by atoms with Crippen LogP contribution in [-0.4, -0.2) is 51.8 Å². The van der Waals surface area contributed by atoms with Crippen LogP contribution in [0.15, 0.2) is 41.8 Å². The fourth-order valence-electron chi connectivity index (χ4n) is 3.42. The number of thiazole rings is 1. The highest BCUT2D eigenvalue weighted by molar-refractivity contribution is 7.12. The SMILES string of the molecule is Cc1cc(C)n(-c2nc(CC(=O)N3CCN(c4ccccc4)CC3)cs2)n1. The average Bonchev–Trinajstić information content (AvgIpc) is 3.28. The van der Waals surface area contributed by atoms with E-state index in [0.717, 1.165) is 48.4 Å². The highest BCUT2D eigenvalue weighted by atomic mass is 32.1. The monoisotopic (exact) mass is 381 g/mol. The maximum Gasteiger partial charge on any atom is 0.228 e. The van der Waals surface area contributed by atoms with Gasteiger partial charge in [-0.05, 0) is 32.0 Å². The number of carbonyl (C=O) groups excluding carboxylic acids is 1. The lowest BCUT2D eigenvalue weighted by molar-refractivity contribution is -0.130. The number of anilines is 1. The molecule has 0 N–H and O–H groups in total. The third-order valence-electron chi connectivity index (χ3n) is 4.82. The van der Waals surface area contributed by atoms with Gasteiger partial charge >= 0.3 is 0 Å². The van der Waals surface area contributed by atoms with Crippen molar-refractivity contribution in [3.63, 3.8) is 0 Å². The summed E-state index contributed by atoms with van der Waals surface area (Å²) in [5.41, 5.74) is 4.06. The molecular formula is C20H23N5OS. The van der Waals surface area contributed by atoms with Crippen molar-refractivity contribution in [3.05, 3.63) is 58.9 Å². The number of amides is 1. The highest BCUT2D eigenvalue weighted by Crippen LogP contribution is 2.19. The van der Waals surface area contributed by atoms with Crippen LogP contribution in [0.2, 0.25) is 0 Å². The Balaban J connectivity index is 1.36. The minimum atomic E-state index is 0.146. The Bertz CT molecular complexity index is 925. The van der Waals surface area contributed by atoms with Gasteiger partial charge in [0.2, 0.25) is 11.0 Å². The number of hydrogen-bond donors (Lipinski definition) is 0. The minimum Gasteiger partial charge on any atom is -0.368 e. The van der Waals surface area contributed by atoms with E-state index in [2.05, 4.69) is 39.2 Å². The van der Waals surface area contributed by atoms with Gasteiger partial charge in [0.05, 0.1) is 17.8 Å². The van der Waals surface area contributed by atoms with Crippen molar-refractivity contribution < 1.29 is 4.79 Å². The first kappa shape index (κ1) is 17.7. The molecular weight excluding hydrogens is 358 g/mol. The molecule has 1 amide bonds. The van der Waals surface area contributed by atoms with E-state index in [0.29, 0.717) is 6.42 Å². The zero-order valence-electron chi connectivity index (χ0n) is 15.6. The molecule has 7 heteroatoms. The molecule has 0 spiro atoms. The summed E-state index contributed by atoms with van der Waals surface area (Å²) in [6.45, 7) is 7.22. The summed E-state index contributed by atoms with van der Waals surface area (Å²) in [6.07, 6.45) is 0.348. The predicted octanol–water partition coefficient (Wildman–Crippen LogP) is 2.84. The van der Waals surface area contributed by atoms with Gasteiger partial charge in [0.15, 0.2) is 0 Å². The number of rotatable bonds is 4. The van der Waals surface area contributed by atoms with Crippen molar-refractivity contribution in [2.45, 2.75) is 20.3 Å². The molecule has 2 aromatic heterocycles. The number of benzene rings is 1. The third-order valence-corrected chi connectivity index (χ3v) is 5.68. The molecule has 1 fully saturated rings. The zero-order valence-corrected chi connectivity index (χ0v) is 16.4. The first-order chi connectivity index (χ1) is 13.1. The molecule has 140 valence electrons. The maximum absolute atomic E-state index is 12.7. The van der Waals surface area contributed by atoms with Crippen LogP contribution < -0.4 is 4.90 Å². The fraction of sp³-hybridized carbons (Fsp3) is 0.350. The molecule has 0 aliphatic carbocycles. The van der Waals surface area contributed by atoms with Crippen molar-refractivity contribution in [1.82, 2.24) is 19.7 Å². The van der Waals surface area contributed by atoms with Crippen LogP contribution in [0, 0.1) is 13.8 Å². The smallest absolute Gasteiger partial charge is 0.228 e. The zero-order chi connectivity index (χ0) is 18.8. The Morgan fingerprint density at radius 1 is 1.11 bits per heavy atom. The topological polar surface area (TPSA) is 54.3 Å². The second-order valence-corrected chi connectivity index (χ2v) is 7.68. The summed E-state index contributed by atoms with van der Waals surface area (Å²) in [6, 6.07) is 12.4. The van der Waals surface area contributed by atoms with Gasteiger partial charge in [-0.25, -0.2) is 9.67 Å². The second-order valence-electron chi connectivity index (χ2n) is 6.84. The second kappa shape index (κ2) is 7.52. The minimum absolute atomic E-state index is 0.146. The van der Waals surface area contributed by atoms with E-state index in [-0.39, 0.29) is 5.91 Å². The summed E-state index contributed by atoms with van der Waals surface area (Å²) >= 11 is 1.53. The van der Waals surface area contributed by atoms with E-state index < -0.39 is 0 Å². The third kappa shape index (κ3) is 3.88. The lowest BCUT2D eigenvalue weighted by Gasteiger charge is -2.36. The molecule has 1 aliphatic heterocycles. The fourth-order valence-corrected chi connectivity index (χ4v) is 4.25. The van der Waals surface area contributed by atoms with Gasteiger partial charge in [-0.2, -0.15) is 5.10 Å². The van der Waals surface area contributed by atoms with E-state index >= 15 is 0 Å². The van der Waals surface area contributed by atoms with E-state index in [1.165, 1.54) is 17.0 Å². The molecule has 0 unspecified atom stereocenters. The summed E-state index contributed by atoms with van der Waals surface area (Å²) in [5, 5.41) is 7.24. The molecule has 3 heterocycles. The number of para-hydroxylation sites is 1. The quantitative estimate of drug-likeness (QED) is 0.697. The standard InChI is InChI=1S/C20H23N5OS/c1-15-12-16(2)25(22-15)20-21-17(14-27-20)13-19(26)24-10-8-23(9-11-24)18-6-4-3-5-7-18/h3-7,12,14H,8-11,13H2,1-2H3. The molecule has 6 nitrogen and oxygen atoms in total. The van der Waals surface area contributed by atoms with Crippen molar-refractivity contribution in [1.29, 1.82) is 0 Å². The number of piperazine rings is 1. The van der Waals surface area contributed by atoms with Crippen molar-refractivity contribution >= 4 is 22.9 Å². The van der Waals surface area contributed by atoms with Crippen LogP contribution in [0.3, 0.4) is 0 Å². The van der Waals surface area contributed by atoms with Gasteiger partial charge in [-0.15, -0.1) is 11.3 Å². The molecule has 1 saturated heterocycles. The van der Waals surface area contributed by atoms with Crippen LogP contribution in [-0.2, 0) is 11.2 Å². The molecule has 0 saturated carbocycles. The molecule has 0 bridgehead atoms. The Morgan fingerprint density at radius 3 is 2.52 bits per heavy atom. The predicted molar refractivity (Wildman–Crippen MR) is 108 cm³/mol. The highest BCUT2D eigenvalue weighted by Gasteiger charge is 2.22. The molecule has 3 aromatic rings. The van der Waals surface area contributed by atoms with E-state index in [9.17, 15) is 4.79 Å². The summed E-state index contributed by atoms with van der Waals surface area (Å²) < 4.78 is 1.84. The normalized spacial score (nSPS) is 14.6. The Morgan fingerprint density at radius 2 is 1.85 bits per heavy atom. The van der Waals surface area contributed by atoms with Crippen LogP contribution in [0.5, 0.6) is 0 Å². The Kier molecular flexibility index (Phi) is 4.94. The largest absolute Gasteiger partial charge is 0.368 e. The van der Waals surface area contributed by atoms with Gasteiger partial charge in [0.25, 0.3) is 0 Å². The van der Waals surface area contributed by atoms with Crippen LogP contribution in [0.1, 0.15) is 17.1 Å². The molecule has 27 heavy (non-hydrogen) atoms. The number of nitrogens with zero attached hydrogens (tertiary/aromatic N) is 5. The average molecular weight is 382 g/mol. The van der Waals surface area contributed by atoms with E-state index in [4.69, 9.17) is 0 Å². The lowest BCUT2D eigenvalue weighted by Crippen LogP contribution is -2.49. The summed E-state index contributed by atoms with van der Waals surface area (Å²) in [4.78, 5) is 21.6. The summed E-state index contributed by atoms with van der Waals surface area (Å²) in [5.74, 6) is 0.146. The van der Waals surface area contributed by atoms with Gasteiger partial charge in [-0.1, -0.05) is 18.2 Å². The van der Waals surface area contributed by atoms with Crippen LogP contribution >= 0.6 is 11.3 Å². The van der Waals surface area contributed by atoms with Gasteiger partial charge < -0.3 is 9.80 Å². The molecule has 0 atom stereocenters. The number of carbonyl (C=O) groups is 1. The number of aryl methyl sites for hydroxylation is 2. The molecule has 4 rings (SSSR count). The van der Waals surface area contributed by atoms with Gasteiger partial charge in [0, 0.05) is 42.9 Å². The van der Waals surface area contributed by atoms with Crippen molar-refractivity contribution in [2.75, 3.05) is 31.1 Å². The van der Waals surface area contributed by atoms with Crippen LogP contribution in [0.25, 0.3) is 5.13 Å². The van der Waals surface area contributed by atoms with Gasteiger partial charge in [0.1, 0.15) is 0 Å². The molecule has 0 radical (unpaired) electrons. The number of hydrogen-bond acceptors (Lipinski definition) is 5.